The minimum atomic E-state index is -0.330. The Morgan fingerprint density at radius 2 is 2.05 bits per heavy atom. The topological polar surface area (TPSA) is 26.0 Å². The summed E-state index contributed by atoms with van der Waals surface area (Å²) in [5.41, 5.74) is 7.63. The molecular weight excluding hydrogens is 281 g/mol. The zero-order chi connectivity index (χ0) is 13.8. The zero-order valence-electron chi connectivity index (χ0n) is 10.6. The smallest absolute Gasteiger partial charge is 0.128 e. The van der Waals surface area contributed by atoms with Crippen molar-refractivity contribution in [3.8, 4) is 0 Å². The molecule has 0 aliphatic rings. The lowest BCUT2D eigenvalue weighted by atomic mass is 10.1. The number of hydrogen-bond acceptors (Lipinski definition) is 2. The van der Waals surface area contributed by atoms with Crippen LogP contribution in [0.4, 0.5) is 4.39 Å². The summed E-state index contributed by atoms with van der Waals surface area (Å²) in [6.45, 7) is 1.93. The van der Waals surface area contributed by atoms with Crippen LogP contribution in [0.15, 0.2) is 47.4 Å². The summed E-state index contributed by atoms with van der Waals surface area (Å²) in [6, 6.07) is 12.3. The number of nitrogens with two attached hydrogens (primary N) is 1. The van der Waals surface area contributed by atoms with E-state index < -0.39 is 0 Å². The first-order chi connectivity index (χ1) is 9.06. The fraction of sp³-hybridized carbons (Fsp3) is 0.200. The predicted octanol–water partition coefficient (Wildman–Crippen LogP) is 4.58. The molecule has 0 radical (unpaired) electrons. The maximum atomic E-state index is 13.7. The van der Waals surface area contributed by atoms with Crippen molar-refractivity contribution in [2.45, 2.75) is 17.9 Å². The minimum absolute atomic E-state index is 0.246. The SMILES string of the molecule is Cc1ccc(F)c(C(N)CSc2cccc(Cl)c2)c1. The van der Waals surface area contributed by atoms with Gasteiger partial charge in [0.05, 0.1) is 0 Å². The number of benzene rings is 2. The van der Waals surface area contributed by atoms with E-state index in [-0.39, 0.29) is 11.9 Å². The van der Waals surface area contributed by atoms with Gasteiger partial charge in [0.2, 0.25) is 0 Å². The molecule has 0 fully saturated rings. The second-order valence-corrected chi connectivity index (χ2v) is 5.93. The molecule has 2 aromatic carbocycles. The highest BCUT2D eigenvalue weighted by Crippen LogP contribution is 2.26. The number of rotatable bonds is 4. The van der Waals surface area contributed by atoms with E-state index in [0.29, 0.717) is 16.3 Å². The molecule has 0 saturated heterocycles. The van der Waals surface area contributed by atoms with Gasteiger partial charge in [0.1, 0.15) is 5.82 Å². The van der Waals surface area contributed by atoms with E-state index >= 15 is 0 Å². The van der Waals surface area contributed by atoms with Gasteiger partial charge < -0.3 is 5.73 Å². The monoisotopic (exact) mass is 295 g/mol. The molecule has 0 aliphatic carbocycles. The summed E-state index contributed by atoms with van der Waals surface area (Å²) in [5.74, 6) is 0.366. The van der Waals surface area contributed by atoms with Gasteiger partial charge >= 0.3 is 0 Å². The normalized spacial score (nSPS) is 12.4. The summed E-state index contributed by atoms with van der Waals surface area (Å²) >= 11 is 7.49. The lowest BCUT2D eigenvalue weighted by Crippen LogP contribution is -2.14. The number of aryl methyl sites for hydroxylation is 1. The van der Waals surface area contributed by atoms with Crippen LogP contribution in [0.5, 0.6) is 0 Å². The van der Waals surface area contributed by atoms with Crippen molar-refractivity contribution < 1.29 is 4.39 Å². The molecule has 0 spiro atoms. The molecule has 100 valence electrons. The quantitative estimate of drug-likeness (QED) is 0.836. The molecule has 2 rings (SSSR count). The van der Waals surface area contributed by atoms with Gasteiger partial charge in [-0.2, -0.15) is 0 Å². The Morgan fingerprint density at radius 1 is 1.26 bits per heavy atom. The standard InChI is InChI=1S/C15H15ClFNS/c1-10-5-6-14(17)13(7-10)15(18)9-19-12-4-2-3-11(16)8-12/h2-8,15H,9,18H2,1H3. The molecule has 1 unspecified atom stereocenters. The van der Waals surface area contributed by atoms with Gasteiger partial charge in [0, 0.05) is 27.3 Å². The Labute approximate surface area is 122 Å². The Morgan fingerprint density at radius 3 is 2.79 bits per heavy atom. The lowest BCUT2D eigenvalue weighted by molar-refractivity contribution is 0.594. The van der Waals surface area contributed by atoms with Crippen LogP contribution in [0.3, 0.4) is 0 Å². The van der Waals surface area contributed by atoms with Crippen LogP contribution in [0.1, 0.15) is 17.2 Å². The Kier molecular flexibility index (Phi) is 4.86. The Bertz CT molecular complexity index is 574. The third-order valence-corrected chi connectivity index (χ3v) is 4.12. The van der Waals surface area contributed by atoms with Crippen LogP contribution in [0.2, 0.25) is 5.02 Å². The van der Waals surface area contributed by atoms with Gasteiger partial charge in [-0.05, 0) is 31.2 Å². The highest BCUT2D eigenvalue weighted by atomic mass is 35.5. The summed E-state index contributed by atoms with van der Waals surface area (Å²) in [7, 11) is 0. The maximum Gasteiger partial charge on any atom is 0.128 e. The van der Waals surface area contributed by atoms with E-state index in [1.807, 2.05) is 31.2 Å². The largest absolute Gasteiger partial charge is 0.323 e. The lowest BCUT2D eigenvalue weighted by Gasteiger charge is -2.13. The van der Waals surface area contributed by atoms with E-state index in [0.717, 1.165) is 10.5 Å². The molecule has 0 bridgehead atoms. The molecule has 0 amide bonds. The molecule has 0 aromatic heterocycles. The molecule has 1 atom stereocenters. The third-order valence-electron chi connectivity index (χ3n) is 2.78. The van der Waals surface area contributed by atoms with Gasteiger partial charge in [-0.3, -0.25) is 0 Å². The maximum absolute atomic E-state index is 13.7. The third kappa shape index (κ3) is 3.96. The second-order valence-electron chi connectivity index (χ2n) is 4.40. The molecule has 0 aliphatic heterocycles. The van der Waals surface area contributed by atoms with Crippen molar-refractivity contribution in [1.82, 2.24) is 0 Å². The molecule has 2 aromatic rings. The van der Waals surface area contributed by atoms with Gasteiger partial charge in [-0.15, -0.1) is 11.8 Å². The average molecular weight is 296 g/mol. The molecule has 1 nitrogen and oxygen atoms in total. The van der Waals surface area contributed by atoms with Crippen molar-refractivity contribution in [2.75, 3.05) is 5.75 Å². The van der Waals surface area contributed by atoms with Crippen LogP contribution in [0.25, 0.3) is 0 Å². The van der Waals surface area contributed by atoms with Crippen LogP contribution in [0, 0.1) is 12.7 Å². The van der Waals surface area contributed by atoms with E-state index in [9.17, 15) is 4.39 Å². The van der Waals surface area contributed by atoms with Crippen LogP contribution in [-0.4, -0.2) is 5.75 Å². The summed E-state index contributed by atoms with van der Waals surface area (Å²) in [5, 5.41) is 0.695. The molecule has 0 saturated carbocycles. The van der Waals surface area contributed by atoms with Crippen molar-refractivity contribution in [3.05, 3.63) is 64.4 Å². The molecular formula is C15H15ClFNS. The Hall–Kier alpha value is -1.03. The van der Waals surface area contributed by atoms with Gasteiger partial charge in [0.15, 0.2) is 0 Å². The van der Waals surface area contributed by atoms with Crippen molar-refractivity contribution in [3.63, 3.8) is 0 Å². The predicted molar refractivity (Wildman–Crippen MR) is 80.2 cm³/mol. The van der Waals surface area contributed by atoms with Crippen LogP contribution in [-0.2, 0) is 0 Å². The average Bonchev–Trinajstić information content (AvgIpc) is 2.39. The van der Waals surface area contributed by atoms with E-state index in [1.54, 1.807) is 23.9 Å². The molecule has 2 N–H and O–H groups in total. The first kappa shape index (κ1) is 14.4. The minimum Gasteiger partial charge on any atom is -0.323 e. The summed E-state index contributed by atoms with van der Waals surface area (Å²) in [6.07, 6.45) is 0. The highest BCUT2D eigenvalue weighted by Gasteiger charge is 2.12. The van der Waals surface area contributed by atoms with Gasteiger partial charge in [-0.25, -0.2) is 4.39 Å². The van der Waals surface area contributed by atoms with E-state index in [1.165, 1.54) is 6.07 Å². The van der Waals surface area contributed by atoms with E-state index in [4.69, 9.17) is 17.3 Å². The first-order valence-electron chi connectivity index (χ1n) is 5.96. The second kappa shape index (κ2) is 6.42. The molecule has 4 heteroatoms. The highest BCUT2D eigenvalue weighted by molar-refractivity contribution is 7.99. The fourth-order valence-corrected chi connectivity index (χ4v) is 2.97. The van der Waals surface area contributed by atoms with Crippen molar-refractivity contribution >= 4 is 23.4 Å². The Balaban J connectivity index is 2.05. The van der Waals surface area contributed by atoms with Gasteiger partial charge in [-0.1, -0.05) is 35.4 Å². The first-order valence-corrected chi connectivity index (χ1v) is 7.32. The van der Waals surface area contributed by atoms with Gasteiger partial charge in [0.25, 0.3) is 0 Å². The molecule has 19 heavy (non-hydrogen) atoms. The van der Waals surface area contributed by atoms with Crippen molar-refractivity contribution in [2.24, 2.45) is 5.73 Å². The summed E-state index contributed by atoms with van der Waals surface area (Å²) < 4.78 is 13.7. The van der Waals surface area contributed by atoms with E-state index in [2.05, 4.69) is 0 Å². The van der Waals surface area contributed by atoms with Crippen molar-refractivity contribution in [1.29, 1.82) is 0 Å². The molecule has 0 heterocycles. The zero-order valence-corrected chi connectivity index (χ0v) is 12.1. The number of halogens is 2. The number of hydrogen-bond donors (Lipinski definition) is 1. The van der Waals surface area contributed by atoms with Crippen LogP contribution >= 0.6 is 23.4 Å². The summed E-state index contributed by atoms with van der Waals surface area (Å²) in [4.78, 5) is 1.04. The number of thioether (sulfide) groups is 1. The fourth-order valence-electron chi connectivity index (χ4n) is 1.78. The van der Waals surface area contributed by atoms with Crippen LogP contribution < -0.4 is 5.73 Å².